The van der Waals surface area contributed by atoms with Crippen LogP contribution in [0.4, 0.5) is 0 Å². The van der Waals surface area contributed by atoms with Crippen LogP contribution < -0.4 is 0 Å². The quantitative estimate of drug-likeness (QED) is 0.853. The minimum atomic E-state index is 0.0649. The Morgan fingerprint density at radius 1 is 1.47 bits per heavy atom. The first-order valence-corrected chi connectivity index (χ1v) is 5.84. The van der Waals surface area contributed by atoms with Crippen molar-refractivity contribution in [1.82, 2.24) is 4.90 Å². The summed E-state index contributed by atoms with van der Waals surface area (Å²) in [5.74, 6) is 0.297. The van der Waals surface area contributed by atoms with Gasteiger partial charge in [0.1, 0.15) is 5.75 Å². The summed E-state index contributed by atoms with van der Waals surface area (Å²) < 4.78 is 0. The van der Waals surface area contributed by atoms with Crippen LogP contribution in [0.25, 0.3) is 0 Å². The fraction of sp³-hybridized carbons (Fsp3) is 0.364. The second-order valence-corrected chi connectivity index (χ2v) is 4.11. The van der Waals surface area contributed by atoms with Gasteiger partial charge in [-0.25, -0.2) is 0 Å². The Morgan fingerprint density at radius 3 is 2.73 bits per heavy atom. The second kappa shape index (κ2) is 5.75. The number of aromatic hydroxyl groups is 1. The van der Waals surface area contributed by atoms with Crippen molar-refractivity contribution in [2.24, 2.45) is 0 Å². The Labute approximate surface area is 97.8 Å². The minimum Gasteiger partial charge on any atom is -0.508 e. The van der Waals surface area contributed by atoms with Crippen molar-refractivity contribution in [3.63, 3.8) is 0 Å². The molecule has 4 heteroatoms. The number of rotatable bonds is 4. The first kappa shape index (κ1) is 12.0. The van der Waals surface area contributed by atoms with Gasteiger partial charge in [0.25, 0.3) is 0 Å². The number of amides is 1. The van der Waals surface area contributed by atoms with Crippen LogP contribution in [0.5, 0.6) is 5.75 Å². The fourth-order valence-electron chi connectivity index (χ4n) is 1.26. The molecule has 0 aliphatic heterocycles. The second-order valence-electron chi connectivity index (χ2n) is 3.32. The highest BCUT2D eigenvalue weighted by Gasteiger charge is 2.09. The van der Waals surface area contributed by atoms with Crippen LogP contribution in [0, 0.1) is 0 Å². The van der Waals surface area contributed by atoms with E-state index >= 15 is 0 Å². The first-order chi connectivity index (χ1) is 7.15. The summed E-state index contributed by atoms with van der Waals surface area (Å²) in [7, 11) is 1.73. The van der Waals surface area contributed by atoms with Crippen LogP contribution in [-0.4, -0.2) is 28.3 Å². The number of hydrogen-bond acceptors (Lipinski definition) is 2. The lowest BCUT2D eigenvalue weighted by Crippen LogP contribution is -2.26. The van der Waals surface area contributed by atoms with E-state index in [4.69, 9.17) is 0 Å². The maximum atomic E-state index is 11.5. The van der Waals surface area contributed by atoms with E-state index in [1.807, 2.05) is 12.1 Å². The molecule has 3 nitrogen and oxygen atoms in total. The van der Waals surface area contributed by atoms with Crippen molar-refractivity contribution in [2.75, 3.05) is 12.4 Å². The molecule has 0 saturated carbocycles. The largest absolute Gasteiger partial charge is 0.508 e. The highest BCUT2D eigenvalue weighted by atomic mass is 79.9. The monoisotopic (exact) mass is 271 g/mol. The van der Waals surface area contributed by atoms with Crippen molar-refractivity contribution < 1.29 is 9.90 Å². The summed E-state index contributed by atoms with van der Waals surface area (Å²) in [5.41, 5.74) is 0.767. The van der Waals surface area contributed by atoms with Crippen molar-refractivity contribution in [1.29, 1.82) is 0 Å². The summed E-state index contributed by atoms with van der Waals surface area (Å²) in [6, 6.07) is 7.04. The summed E-state index contributed by atoms with van der Waals surface area (Å²) in [4.78, 5) is 13.1. The number of phenolic OH excluding ortho intramolecular Hbond substituents is 1. The fourth-order valence-corrected chi connectivity index (χ4v) is 1.60. The zero-order valence-corrected chi connectivity index (χ0v) is 10.2. The van der Waals surface area contributed by atoms with Gasteiger partial charge in [0, 0.05) is 30.9 Å². The van der Waals surface area contributed by atoms with Crippen LogP contribution in [-0.2, 0) is 11.3 Å². The van der Waals surface area contributed by atoms with E-state index in [9.17, 15) is 9.90 Å². The molecule has 0 heterocycles. The van der Waals surface area contributed by atoms with Gasteiger partial charge in [-0.15, -0.1) is 0 Å². The average Bonchev–Trinajstić information content (AvgIpc) is 2.21. The lowest BCUT2D eigenvalue weighted by atomic mass is 10.2. The molecule has 1 aromatic rings. The third kappa shape index (κ3) is 3.55. The van der Waals surface area contributed by atoms with Crippen molar-refractivity contribution >= 4 is 21.8 Å². The maximum Gasteiger partial charge on any atom is 0.223 e. The average molecular weight is 272 g/mol. The molecule has 0 radical (unpaired) electrons. The van der Waals surface area contributed by atoms with Crippen molar-refractivity contribution in [3.8, 4) is 5.75 Å². The summed E-state index contributed by atoms with van der Waals surface area (Å²) in [5, 5.41) is 10.2. The number of halogens is 1. The number of benzene rings is 1. The molecule has 0 aromatic heterocycles. The van der Waals surface area contributed by atoms with Crippen molar-refractivity contribution in [3.05, 3.63) is 29.8 Å². The van der Waals surface area contributed by atoms with E-state index in [0.29, 0.717) is 18.3 Å². The number of nitrogens with zero attached hydrogens (tertiary/aromatic N) is 1. The molecule has 0 spiro atoms. The molecule has 0 unspecified atom stereocenters. The Bertz CT molecular complexity index is 341. The van der Waals surface area contributed by atoms with Gasteiger partial charge in [-0.1, -0.05) is 34.1 Å². The van der Waals surface area contributed by atoms with E-state index in [1.54, 1.807) is 24.1 Å². The van der Waals surface area contributed by atoms with Crippen LogP contribution in [0.2, 0.25) is 0 Å². The number of phenols is 1. The lowest BCUT2D eigenvalue weighted by molar-refractivity contribution is -0.129. The Morgan fingerprint density at radius 2 is 2.13 bits per heavy atom. The van der Waals surface area contributed by atoms with Crippen LogP contribution in [0.1, 0.15) is 12.0 Å². The SMILES string of the molecule is CN(Cc1ccccc1O)C(=O)CCBr. The highest BCUT2D eigenvalue weighted by Crippen LogP contribution is 2.17. The predicted molar refractivity (Wildman–Crippen MR) is 63.0 cm³/mol. The van der Waals surface area contributed by atoms with Crippen LogP contribution in [0.15, 0.2) is 24.3 Å². The van der Waals surface area contributed by atoms with Gasteiger partial charge < -0.3 is 10.0 Å². The number of carbonyl (C=O) groups excluding carboxylic acids is 1. The summed E-state index contributed by atoms with van der Waals surface area (Å²) in [6.45, 7) is 0.443. The van der Waals surface area contributed by atoms with Gasteiger partial charge in [0.2, 0.25) is 5.91 Å². The molecule has 0 atom stereocenters. The van der Waals surface area contributed by atoms with E-state index < -0.39 is 0 Å². The minimum absolute atomic E-state index is 0.0649. The third-order valence-corrected chi connectivity index (χ3v) is 2.53. The number of carbonyl (C=O) groups is 1. The normalized spacial score (nSPS) is 10.0. The summed E-state index contributed by atoms with van der Waals surface area (Å²) >= 11 is 3.22. The smallest absolute Gasteiger partial charge is 0.223 e. The molecule has 0 fully saturated rings. The standard InChI is InChI=1S/C11H14BrNO2/c1-13(11(15)6-7-12)8-9-4-2-3-5-10(9)14/h2-5,14H,6-8H2,1H3. The van der Waals surface area contributed by atoms with Gasteiger partial charge in [-0.2, -0.15) is 0 Å². The molecule has 0 saturated heterocycles. The van der Waals surface area contributed by atoms with Gasteiger partial charge in [-0.05, 0) is 6.07 Å². The van der Waals surface area contributed by atoms with Crippen LogP contribution in [0.3, 0.4) is 0 Å². The predicted octanol–water partition coefficient (Wildman–Crippen LogP) is 2.14. The molecule has 0 bridgehead atoms. The molecular weight excluding hydrogens is 258 g/mol. The number of para-hydroxylation sites is 1. The highest BCUT2D eigenvalue weighted by molar-refractivity contribution is 9.09. The third-order valence-electron chi connectivity index (χ3n) is 2.13. The van der Waals surface area contributed by atoms with Crippen molar-refractivity contribution in [2.45, 2.75) is 13.0 Å². The maximum absolute atomic E-state index is 11.5. The van der Waals surface area contributed by atoms with E-state index in [1.165, 1.54) is 0 Å². The molecule has 82 valence electrons. The Kier molecular flexibility index (Phi) is 4.62. The van der Waals surface area contributed by atoms with Gasteiger partial charge >= 0.3 is 0 Å². The Hall–Kier alpha value is -1.03. The van der Waals surface area contributed by atoms with E-state index in [0.717, 1.165) is 5.56 Å². The van der Waals surface area contributed by atoms with E-state index in [-0.39, 0.29) is 11.7 Å². The molecular formula is C11H14BrNO2. The van der Waals surface area contributed by atoms with E-state index in [2.05, 4.69) is 15.9 Å². The zero-order chi connectivity index (χ0) is 11.3. The number of alkyl halides is 1. The molecule has 1 N–H and O–H groups in total. The molecule has 0 aliphatic rings. The van der Waals surface area contributed by atoms with Crippen LogP contribution >= 0.6 is 15.9 Å². The topological polar surface area (TPSA) is 40.5 Å². The first-order valence-electron chi connectivity index (χ1n) is 4.72. The van der Waals surface area contributed by atoms with Gasteiger partial charge in [0.15, 0.2) is 0 Å². The number of hydrogen-bond donors (Lipinski definition) is 1. The molecule has 1 rings (SSSR count). The molecule has 15 heavy (non-hydrogen) atoms. The summed E-state index contributed by atoms with van der Waals surface area (Å²) in [6.07, 6.45) is 0.476. The Balaban J connectivity index is 2.62. The van der Waals surface area contributed by atoms with Gasteiger partial charge in [0.05, 0.1) is 0 Å². The lowest BCUT2D eigenvalue weighted by Gasteiger charge is -2.17. The molecule has 0 aliphatic carbocycles. The molecule has 1 aromatic carbocycles. The molecule has 1 amide bonds. The zero-order valence-electron chi connectivity index (χ0n) is 8.61. The van der Waals surface area contributed by atoms with Gasteiger partial charge in [-0.3, -0.25) is 4.79 Å².